The number of carbonyl (C=O) groups is 1. The van der Waals surface area contributed by atoms with Gasteiger partial charge in [-0.1, -0.05) is 13.8 Å². The molecular weight excluding hydrogens is 160 g/mol. The number of hydrogen-bond acceptors (Lipinski definition) is 3. The SMILES string of the molecule is CNN[C@@H](CC(C)C)C(=O)S. The van der Waals surface area contributed by atoms with Gasteiger partial charge < -0.3 is 0 Å². The first-order valence-corrected chi connectivity index (χ1v) is 4.17. The lowest BCUT2D eigenvalue weighted by molar-refractivity contribution is -0.113. The van der Waals surface area contributed by atoms with E-state index < -0.39 is 0 Å². The highest BCUT2D eigenvalue weighted by Gasteiger charge is 2.14. The van der Waals surface area contributed by atoms with E-state index in [0.29, 0.717) is 5.92 Å². The van der Waals surface area contributed by atoms with Gasteiger partial charge in [0.05, 0.1) is 6.04 Å². The van der Waals surface area contributed by atoms with Gasteiger partial charge in [0, 0.05) is 0 Å². The van der Waals surface area contributed by atoms with Gasteiger partial charge in [0.2, 0.25) is 5.12 Å². The number of hydrogen-bond donors (Lipinski definition) is 3. The summed E-state index contributed by atoms with van der Waals surface area (Å²) in [6.07, 6.45) is 0.809. The van der Waals surface area contributed by atoms with Gasteiger partial charge in [-0.15, -0.1) is 12.6 Å². The van der Waals surface area contributed by atoms with E-state index in [1.54, 1.807) is 7.05 Å². The fourth-order valence-corrected chi connectivity index (χ4v) is 1.04. The molecule has 0 aromatic carbocycles. The predicted octanol–water partition coefficient (Wildman–Crippen LogP) is 0.581. The number of rotatable bonds is 5. The molecule has 0 radical (unpaired) electrons. The summed E-state index contributed by atoms with van der Waals surface area (Å²) in [4.78, 5) is 10.8. The Labute approximate surface area is 73.3 Å². The van der Waals surface area contributed by atoms with Crippen molar-refractivity contribution in [2.75, 3.05) is 7.05 Å². The summed E-state index contributed by atoms with van der Waals surface area (Å²) >= 11 is 3.76. The molecule has 0 aromatic rings. The molecule has 0 aliphatic rings. The molecule has 0 aliphatic heterocycles. The Hall–Kier alpha value is -0.0600. The molecule has 0 fully saturated rings. The Morgan fingerprint density at radius 2 is 2.09 bits per heavy atom. The zero-order chi connectivity index (χ0) is 8.85. The van der Waals surface area contributed by atoms with E-state index in [1.165, 1.54) is 0 Å². The molecule has 1 atom stereocenters. The minimum atomic E-state index is -0.177. The summed E-state index contributed by atoms with van der Waals surface area (Å²) in [5.41, 5.74) is 5.57. The molecule has 66 valence electrons. The summed E-state index contributed by atoms with van der Waals surface area (Å²) in [6.45, 7) is 4.14. The molecule has 0 bridgehead atoms. The van der Waals surface area contributed by atoms with E-state index >= 15 is 0 Å². The molecule has 0 aromatic heterocycles. The summed E-state index contributed by atoms with van der Waals surface area (Å²) < 4.78 is 0. The van der Waals surface area contributed by atoms with Crippen molar-refractivity contribution in [1.29, 1.82) is 0 Å². The van der Waals surface area contributed by atoms with Crippen molar-refractivity contribution in [3.8, 4) is 0 Å². The third kappa shape index (κ3) is 5.24. The van der Waals surface area contributed by atoms with Gasteiger partial charge in [-0.2, -0.15) is 0 Å². The Bertz CT molecular complexity index is 128. The fraction of sp³-hybridized carbons (Fsp3) is 0.857. The van der Waals surface area contributed by atoms with Crippen LogP contribution in [-0.4, -0.2) is 18.2 Å². The molecule has 3 nitrogen and oxygen atoms in total. The van der Waals surface area contributed by atoms with Crippen molar-refractivity contribution >= 4 is 17.7 Å². The maximum Gasteiger partial charge on any atom is 0.204 e. The Morgan fingerprint density at radius 1 is 1.55 bits per heavy atom. The van der Waals surface area contributed by atoms with Crippen LogP contribution in [0.15, 0.2) is 0 Å². The van der Waals surface area contributed by atoms with E-state index in [4.69, 9.17) is 0 Å². The summed E-state index contributed by atoms with van der Waals surface area (Å²) in [7, 11) is 1.74. The largest absolute Gasteiger partial charge is 0.286 e. The second kappa shape index (κ2) is 5.57. The van der Waals surface area contributed by atoms with E-state index in [9.17, 15) is 4.79 Å². The Morgan fingerprint density at radius 3 is 2.36 bits per heavy atom. The van der Waals surface area contributed by atoms with E-state index in [2.05, 4.69) is 37.3 Å². The van der Waals surface area contributed by atoms with Crippen LogP contribution in [0.5, 0.6) is 0 Å². The number of nitrogens with one attached hydrogen (secondary N) is 2. The normalized spacial score (nSPS) is 13.5. The van der Waals surface area contributed by atoms with Crippen LogP contribution in [0.1, 0.15) is 20.3 Å². The lowest BCUT2D eigenvalue weighted by Crippen LogP contribution is -2.42. The van der Waals surface area contributed by atoms with E-state index in [0.717, 1.165) is 6.42 Å². The molecule has 0 amide bonds. The molecule has 0 saturated heterocycles. The molecule has 0 rings (SSSR count). The summed E-state index contributed by atoms with van der Waals surface area (Å²) in [5.74, 6) is 0.497. The van der Waals surface area contributed by atoms with Gasteiger partial charge in [0.1, 0.15) is 0 Å². The molecule has 2 N–H and O–H groups in total. The first-order chi connectivity index (χ1) is 5.07. The highest BCUT2D eigenvalue weighted by molar-refractivity contribution is 7.96. The van der Waals surface area contributed by atoms with Gasteiger partial charge in [-0.3, -0.25) is 10.2 Å². The monoisotopic (exact) mass is 176 g/mol. The molecule has 0 aliphatic carbocycles. The van der Waals surface area contributed by atoms with Gasteiger partial charge >= 0.3 is 0 Å². The highest BCUT2D eigenvalue weighted by Crippen LogP contribution is 2.05. The highest BCUT2D eigenvalue weighted by atomic mass is 32.1. The van der Waals surface area contributed by atoms with Crippen LogP contribution in [0.4, 0.5) is 0 Å². The average Bonchev–Trinajstić information content (AvgIpc) is 1.86. The van der Waals surface area contributed by atoms with E-state index in [1.807, 2.05) is 0 Å². The average molecular weight is 176 g/mol. The van der Waals surface area contributed by atoms with Crippen LogP contribution in [0.25, 0.3) is 0 Å². The Kier molecular flexibility index (Phi) is 5.54. The molecular formula is C7H16N2OS. The molecule has 0 unspecified atom stereocenters. The third-order valence-corrected chi connectivity index (χ3v) is 1.64. The second-order valence-electron chi connectivity index (χ2n) is 2.91. The molecule has 11 heavy (non-hydrogen) atoms. The van der Waals surface area contributed by atoms with Crippen LogP contribution < -0.4 is 10.9 Å². The molecule has 0 spiro atoms. The van der Waals surface area contributed by atoms with Gasteiger partial charge in [0.15, 0.2) is 0 Å². The maximum absolute atomic E-state index is 10.8. The smallest absolute Gasteiger partial charge is 0.204 e. The van der Waals surface area contributed by atoms with Crippen LogP contribution in [-0.2, 0) is 4.79 Å². The van der Waals surface area contributed by atoms with Crippen LogP contribution in [0.3, 0.4) is 0 Å². The third-order valence-electron chi connectivity index (χ3n) is 1.32. The molecule has 4 heteroatoms. The topological polar surface area (TPSA) is 41.1 Å². The first-order valence-electron chi connectivity index (χ1n) is 3.73. The van der Waals surface area contributed by atoms with Crippen molar-refractivity contribution in [3.05, 3.63) is 0 Å². The number of thiol groups is 1. The standard InChI is InChI=1S/C7H16N2OS/c1-5(2)4-6(7(10)11)9-8-3/h5-6,8-9H,4H2,1-3H3,(H,10,11)/t6-/m0/s1. The van der Waals surface area contributed by atoms with E-state index in [-0.39, 0.29) is 11.2 Å². The van der Waals surface area contributed by atoms with Crippen molar-refractivity contribution in [3.63, 3.8) is 0 Å². The lowest BCUT2D eigenvalue weighted by atomic mass is 10.1. The van der Waals surface area contributed by atoms with Gasteiger partial charge in [-0.05, 0) is 19.4 Å². The second-order valence-corrected chi connectivity index (χ2v) is 3.36. The van der Waals surface area contributed by atoms with Gasteiger partial charge in [-0.25, -0.2) is 5.43 Å². The fourth-order valence-electron chi connectivity index (χ4n) is 0.867. The number of carbonyl (C=O) groups excluding carboxylic acids is 1. The maximum atomic E-state index is 10.8. The first kappa shape index (κ1) is 10.9. The Balaban J connectivity index is 3.79. The summed E-state index contributed by atoms with van der Waals surface area (Å²) in [5, 5.41) is -0.118. The molecule has 0 saturated carbocycles. The zero-order valence-corrected chi connectivity index (χ0v) is 8.11. The molecule has 0 heterocycles. The number of hydrazine groups is 1. The summed E-state index contributed by atoms with van der Waals surface area (Å²) in [6, 6.07) is -0.177. The predicted molar refractivity (Wildman–Crippen MR) is 49.4 cm³/mol. The minimum Gasteiger partial charge on any atom is -0.286 e. The van der Waals surface area contributed by atoms with Crippen LogP contribution in [0.2, 0.25) is 0 Å². The van der Waals surface area contributed by atoms with Crippen LogP contribution >= 0.6 is 12.6 Å². The van der Waals surface area contributed by atoms with Crippen molar-refractivity contribution in [2.24, 2.45) is 5.92 Å². The van der Waals surface area contributed by atoms with Gasteiger partial charge in [0.25, 0.3) is 0 Å². The lowest BCUT2D eigenvalue weighted by Gasteiger charge is -2.15. The van der Waals surface area contributed by atoms with Crippen molar-refractivity contribution < 1.29 is 4.79 Å². The zero-order valence-electron chi connectivity index (χ0n) is 7.22. The van der Waals surface area contributed by atoms with Crippen molar-refractivity contribution in [2.45, 2.75) is 26.3 Å². The quantitative estimate of drug-likeness (QED) is 0.424. The van der Waals surface area contributed by atoms with Crippen molar-refractivity contribution in [1.82, 2.24) is 10.9 Å². The van der Waals surface area contributed by atoms with Crippen LogP contribution in [0, 0.1) is 5.92 Å². The minimum absolute atomic E-state index is 0.118.